The summed E-state index contributed by atoms with van der Waals surface area (Å²) in [6.45, 7) is 1.95. The van der Waals surface area contributed by atoms with Crippen LogP contribution < -0.4 is 10.6 Å². The SMILES string of the molecule is CC[C@@H](CO)NC(=O)NC1CCCCC1. The van der Waals surface area contributed by atoms with Crippen molar-refractivity contribution in [1.82, 2.24) is 10.6 Å². The van der Waals surface area contributed by atoms with Crippen molar-refractivity contribution in [2.24, 2.45) is 0 Å². The summed E-state index contributed by atoms with van der Waals surface area (Å²) in [7, 11) is 0. The largest absolute Gasteiger partial charge is 0.394 e. The Morgan fingerprint density at radius 2 is 2.07 bits per heavy atom. The normalized spacial score (nSPS) is 19.6. The van der Waals surface area contributed by atoms with Crippen molar-refractivity contribution < 1.29 is 9.90 Å². The van der Waals surface area contributed by atoms with Crippen molar-refractivity contribution in [3.05, 3.63) is 0 Å². The van der Waals surface area contributed by atoms with E-state index in [1.807, 2.05) is 6.92 Å². The lowest BCUT2D eigenvalue weighted by molar-refractivity contribution is 0.209. The van der Waals surface area contributed by atoms with Crippen molar-refractivity contribution in [2.45, 2.75) is 57.5 Å². The van der Waals surface area contributed by atoms with E-state index in [1.165, 1.54) is 19.3 Å². The highest BCUT2D eigenvalue weighted by molar-refractivity contribution is 5.74. The van der Waals surface area contributed by atoms with Gasteiger partial charge >= 0.3 is 6.03 Å². The molecule has 3 N–H and O–H groups in total. The van der Waals surface area contributed by atoms with Crippen LogP contribution in [0.2, 0.25) is 0 Å². The smallest absolute Gasteiger partial charge is 0.315 e. The zero-order chi connectivity index (χ0) is 11.1. The first-order valence-corrected chi connectivity index (χ1v) is 5.94. The number of hydrogen-bond acceptors (Lipinski definition) is 2. The fourth-order valence-corrected chi connectivity index (χ4v) is 1.94. The Morgan fingerprint density at radius 1 is 1.40 bits per heavy atom. The molecule has 0 unspecified atom stereocenters. The second-order valence-corrected chi connectivity index (χ2v) is 4.24. The highest BCUT2D eigenvalue weighted by atomic mass is 16.3. The maximum Gasteiger partial charge on any atom is 0.315 e. The van der Waals surface area contributed by atoms with Crippen molar-refractivity contribution >= 4 is 6.03 Å². The van der Waals surface area contributed by atoms with Crippen LogP contribution in [0.25, 0.3) is 0 Å². The van der Waals surface area contributed by atoms with Crippen LogP contribution in [0.5, 0.6) is 0 Å². The molecule has 88 valence electrons. The van der Waals surface area contributed by atoms with Gasteiger partial charge in [-0.2, -0.15) is 0 Å². The minimum absolute atomic E-state index is 0.00852. The molecule has 1 saturated carbocycles. The number of amides is 2. The molecule has 4 nitrogen and oxygen atoms in total. The van der Waals surface area contributed by atoms with Gasteiger partial charge in [0.2, 0.25) is 0 Å². The molecule has 1 aliphatic carbocycles. The van der Waals surface area contributed by atoms with Crippen LogP contribution in [0.1, 0.15) is 45.4 Å². The number of carbonyl (C=O) groups is 1. The van der Waals surface area contributed by atoms with E-state index in [9.17, 15) is 4.79 Å². The summed E-state index contributed by atoms with van der Waals surface area (Å²) in [6, 6.07) is 0.0753. The third-order valence-corrected chi connectivity index (χ3v) is 2.99. The van der Waals surface area contributed by atoms with E-state index in [-0.39, 0.29) is 18.7 Å². The van der Waals surface area contributed by atoms with Crippen LogP contribution in [0.4, 0.5) is 4.79 Å². The summed E-state index contributed by atoms with van der Waals surface area (Å²) in [4.78, 5) is 11.5. The molecule has 0 heterocycles. The van der Waals surface area contributed by atoms with Crippen molar-refractivity contribution in [2.75, 3.05) is 6.61 Å². The van der Waals surface area contributed by atoms with Gasteiger partial charge in [-0.25, -0.2) is 4.79 Å². The first kappa shape index (κ1) is 12.3. The fraction of sp³-hybridized carbons (Fsp3) is 0.909. The highest BCUT2D eigenvalue weighted by Gasteiger charge is 2.16. The maximum absolute atomic E-state index is 11.5. The summed E-state index contributed by atoms with van der Waals surface area (Å²) < 4.78 is 0. The van der Waals surface area contributed by atoms with Gasteiger partial charge in [0.25, 0.3) is 0 Å². The Bertz CT molecular complexity index is 187. The highest BCUT2D eigenvalue weighted by Crippen LogP contribution is 2.17. The average Bonchev–Trinajstić information content (AvgIpc) is 2.27. The molecule has 15 heavy (non-hydrogen) atoms. The van der Waals surface area contributed by atoms with E-state index < -0.39 is 0 Å². The van der Waals surface area contributed by atoms with Crippen LogP contribution in [0.15, 0.2) is 0 Å². The molecule has 0 aliphatic heterocycles. The molecule has 1 aliphatic rings. The molecule has 0 aromatic rings. The summed E-state index contributed by atoms with van der Waals surface area (Å²) in [5, 5.41) is 14.7. The van der Waals surface area contributed by atoms with Crippen LogP contribution in [-0.2, 0) is 0 Å². The monoisotopic (exact) mass is 214 g/mol. The third kappa shape index (κ3) is 4.51. The van der Waals surface area contributed by atoms with E-state index >= 15 is 0 Å². The van der Waals surface area contributed by atoms with E-state index in [0.717, 1.165) is 19.3 Å². The molecule has 2 amide bonds. The Labute approximate surface area is 91.4 Å². The number of aliphatic hydroxyl groups is 1. The second kappa shape index (κ2) is 6.67. The zero-order valence-corrected chi connectivity index (χ0v) is 9.46. The number of urea groups is 1. The van der Waals surface area contributed by atoms with Crippen LogP contribution in [0, 0.1) is 0 Å². The Balaban J connectivity index is 2.21. The van der Waals surface area contributed by atoms with Crippen LogP contribution in [-0.4, -0.2) is 29.8 Å². The molecular formula is C11H22N2O2. The average molecular weight is 214 g/mol. The third-order valence-electron chi connectivity index (χ3n) is 2.99. The van der Waals surface area contributed by atoms with Gasteiger partial charge in [0.05, 0.1) is 12.6 Å². The van der Waals surface area contributed by atoms with E-state index in [4.69, 9.17) is 5.11 Å². The van der Waals surface area contributed by atoms with Crippen LogP contribution >= 0.6 is 0 Å². The number of nitrogens with one attached hydrogen (secondary N) is 2. The van der Waals surface area contributed by atoms with E-state index in [1.54, 1.807) is 0 Å². The first-order chi connectivity index (χ1) is 7.26. The molecule has 1 atom stereocenters. The lowest BCUT2D eigenvalue weighted by atomic mass is 9.96. The van der Waals surface area contributed by atoms with Crippen LogP contribution in [0.3, 0.4) is 0 Å². The quantitative estimate of drug-likeness (QED) is 0.662. The van der Waals surface area contributed by atoms with Gasteiger partial charge in [-0.15, -0.1) is 0 Å². The van der Waals surface area contributed by atoms with Gasteiger partial charge in [0, 0.05) is 6.04 Å². The predicted molar refractivity (Wildman–Crippen MR) is 59.7 cm³/mol. The summed E-state index contributed by atoms with van der Waals surface area (Å²) >= 11 is 0. The number of hydrogen-bond donors (Lipinski definition) is 3. The number of carbonyl (C=O) groups excluding carboxylic acids is 1. The topological polar surface area (TPSA) is 61.4 Å². The molecule has 0 radical (unpaired) electrons. The lowest BCUT2D eigenvalue weighted by Crippen LogP contribution is -2.47. The van der Waals surface area contributed by atoms with Gasteiger partial charge in [0.1, 0.15) is 0 Å². The lowest BCUT2D eigenvalue weighted by Gasteiger charge is -2.24. The minimum atomic E-state index is -0.136. The van der Waals surface area contributed by atoms with Crippen molar-refractivity contribution in [1.29, 1.82) is 0 Å². The first-order valence-electron chi connectivity index (χ1n) is 5.94. The molecule has 0 aromatic heterocycles. The number of rotatable bonds is 4. The van der Waals surface area contributed by atoms with E-state index in [2.05, 4.69) is 10.6 Å². The molecule has 4 heteroatoms. The summed E-state index contributed by atoms with van der Waals surface area (Å²) in [5.74, 6) is 0. The summed E-state index contributed by atoms with van der Waals surface area (Å²) in [6.07, 6.45) is 6.64. The van der Waals surface area contributed by atoms with Crippen molar-refractivity contribution in [3.8, 4) is 0 Å². The molecule has 0 aromatic carbocycles. The number of aliphatic hydroxyl groups excluding tert-OH is 1. The molecule has 1 rings (SSSR count). The Morgan fingerprint density at radius 3 is 2.60 bits per heavy atom. The fourth-order valence-electron chi connectivity index (χ4n) is 1.94. The molecule has 1 fully saturated rings. The summed E-state index contributed by atoms with van der Waals surface area (Å²) in [5.41, 5.74) is 0. The van der Waals surface area contributed by atoms with E-state index in [0.29, 0.717) is 6.04 Å². The Kier molecular flexibility index (Phi) is 5.47. The standard InChI is InChI=1S/C11H22N2O2/c1-2-9(8-14)12-11(15)13-10-6-4-3-5-7-10/h9-10,14H,2-8H2,1H3,(H2,12,13,15)/t9-/m0/s1. The maximum atomic E-state index is 11.5. The molecule has 0 spiro atoms. The molecule has 0 bridgehead atoms. The van der Waals surface area contributed by atoms with Gasteiger partial charge < -0.3 is 15.7 Å². The van der Waals surface area contributed by atoms with Gasteiger partial charge in [0.15, 0.2) is 0 Å². The zero-order valence-electron chi connectivity index (χ0n) is 9.46. The molecular weight excluding hydrogens is 192 g/mol. The van der Waals surface area contributed by atoms with Gasteiger partial charge in [-0.3, -0.25) is 0 Å². The Hall–Kier alpha value is -0.770. The molecule has 0 saturated heterocycles. The van der Waals surface area contributed by atoms with Gasteiger partial charge in [-0.1, -0.05) is 26.2 Å². The van der Waals surface area contributed by atoms with Crippen molar-refractivity contribution in [3.63, 3.8) is 0 Å². The second-order valence-electron chi connectivity index (χ2n) is 4.24. The predicted octanol–water partition coefficient (Wildman–Crippen LogP) is 1.39. The van der Waals surface area contributed by atoms with Gasteiger partial charge in [-0.05, 0) is 19.3 Å². The minimum Gasteiger partial charge on any atom is -0.394 e.